The van der Waals surface area contributed by atoms with Crippen LogP contribution in [0.15, 0.2) is 72.9 Å². The van der Waals surface area contributed by atoms with Crippen LogP contribution < -0.4 is 0 Å². The fourth-order valence-electron chi connectivity index (χ4n) is 8.42. The van der Waals surface area contributed by atoms with Crippen LogP contribution in [0.25, 0.3) is 0 Å². The molecule has 0 heteroatoms. The molecule has 0 aromatic heterocycles. The molecule has 0 N–H and O–H groups in total. The summed E-state index contributed by atoms with van der Waals surface area (Å²) in [5.74, 6) is 1.73. The molecule has 0 saturated heterocycles. The van der Waals surface area contributed by atoms with Crippen molar-refractivity contribution in [3.05, 3.63) is 72.9 Å². The van der Waals surface area contributed by atoms with Gasteiger partial charge < -0.3 is 0 Å². The van der Waals surface area contributed by atoms with Crippen LogP contribution in [-0.2, 0) is 0 Å². The van der Waals surface area contributed by atoms with Crippen molar-refractivity contribution in [2.75, 3.05) is 0 Å². The summed E-state index contributed by atoms with van der Waals surface area (Å²) >= 11 is 0. The second kappa shape index (κ2) is 10.1. The summed E-state index contributed by atoms with van der Waals surface area (Å²) in [5.41, 5.74) is 8.08. The highest BCUT2D eigenvalue weighted by atomic mass is 14.5. The van der Waals surface area contributed by atoms with Gasteiger partial charge >= 0.3 is 0 Å². The van der Waals surface area contributed by atoms with Crippen molar-refractivity contribution >= 4 is 0 Å². The number of rotatable bonds is 15. The van der Waals surface area contributed by atoms with Gasteiger partial charge in [-0.05, 0) is 113 Å². The van der Waals surface area contributed by atoms with Gasteiger partial charge in [0, 0.05) is 0 Å². The van der Waals surface area contributed by atoms with Gasteiger partial charge in [0.1, 0.15) is 0 Å². The molecule has 4 unspecified atom stereocenters. The van der Waals surface area contributed by atoms with Crippen LogP contribution in [0.1, 0.15) is 103 Å². The topological polar surface area (TPSA) is 0 Å². The van der Waals surface area contributed by atoms with Gasteiger partial charge in [0.2, 0.25) is 0 Å². The normalized spacial score (nSPS) is 32.8. The molecule has 0 aromatic carbocycles. The highest BCUT2D eigenvalue weighted by Gasteiger charge is 2.49. The van der Waals surface area contributed by atoms with E-state index in [1.54, 1.807) is 11.1 Å². The first kappa shape index (κ1) is 23.6. The minimum absolute atomic E-state index is 0.452. The zero-order valence-corrected chi connectivity index (χ0v) is 20.6. The van der Waals surface area contributed by atoms with Crippen LogP contribution in [0.2, 0.25) is 0 Å². The molecule has 0 heterocycles. The van der Waals surface area contributed by atoms with E-state index in [4.69, 9.17) is 0 Å². The molecule has 4 atom stereocenters. The van der Waals surface area contributed by atoms with E-state index < -0.39 is 0 Å². The van der Waals surface area contributed by atoms with Crippen molar-refractivity contribution in [1.82, 2.24) is 0 Å². The SMILES string of the molecule is C=CCC1=C(CCCCCCC2=C(CC=C)C3(CC=C)CCC2C3)C2CCC1(CC=C)C2. The predicted octanol–water partition coefficient (Wildman–Crippen LogP) is 9.82. The lowest BCUT2D eigenvalue weighted by molar-refractivity contribution is 0.375. The molecule has 4 aliphatic carbocycles. The monoisotopic (exact) mass is 430 g/mol. The summed E-state index contributed by atoms with van der Waals surface area (Å²) in [6.07, 6.45) is 29.7. The molecule has 4 bridgehead atoms. The molecule has 0 spiro atoms. The second-order valence-corrected chi connectivity index (χ2v) is 11.3. The number of unbranched alkanes of at least 4 members (excludes halogenated alkanes) is 3. The summed E-state index contributed by atoms with van der Waals surface area (Å²) < 4.78 is 0. The molecule has 32 heavy (non-hydrogen) atoms. The van der Waals surface area contributed by atoms with Gasteiger partial charge in [-0.25, -0.2) is 0 Å². The average molecular weight is 431 g/mol. The smallest absolute Gasteiger partial charge is 0.00420 e. The molecule has 2 saturated carbocycles. The first-order valence-corrected chi connectivity index (χ1v) is 13.5. The van der Waals surface area contributed by atoms with Crippen molar-refractivity contribution in [3.8, 4) is 0 Å². The molecular weight excluding hydrogens is 384 g/mol. The molecule has 0 nitrogen and oxygen atoms in total. The number of fused-ring (bicyclic) bond motifs is 4. The number of hydrogen-bond donors (Lipinski definition) is 0. The summed E-state index contributed by atoms with van der Waals surface area (Å²) in [6, 6.07) is 0. The maximum atomic E-state index is 4.07. The highest BCUT2D eigenvalue weighted by molar-refractivity contribution is 5.37. The Morgan fingerprint density at radius 1 is 0.625 bits per heavy atom. The fourth-order valence-corrected chi connectivity index (χ4v) is 8.42. The van der Waals surface area contributed by atoms with E-state index in [0.29, 0.717) is 10.8 Å². The van der Waals surface area contributed by atoms with Crippen molar-refractivity contribution in [2.24, 2.45) is 22.7 Å². The van der Waals surface area contributed by atoms with Crippen LogP contribution in [0, 0.1) is 22.7 Å². The Balaban J connectivity index is 1.29. The molecule has 0 aromatic rings. The van der Waals surface area contributed by atoms with Crippen molar-refractivity contribution in [1.29, 1.82) is 0 Å². The van der Waals surface area contributed by atoms with Crippen LogP contribution in [-0.4, -0.2) is 0 Å². The average Bonchev–Trinajstić information content (AvgIpc) is 3.51. The van der Waals surface area contributed by atoms with E-state index in [0.717, 1.165) is 24.7 Å². The maximum Gasteiger partial charge on any atom is -0.00420 e. The van der Waals surface area contributed by atoms with Crippen molar-refractivity contribution < 1.29 is 0 Å². The Labute approximate surface area is 198 Å². The number of hydrogen-bond acceptors (Lipinski definition) is 0. The standard InChI is InChI=1S/C32H46/c1-5-13-29-27(25-17-21-31(29,23-25)19-7-3)15-11-9-10-12-16-28-26-18-22-32(24-26,20-8-4)30(28)14-6-2/h5-8,25-26H,1-4,9-24H2. The molecule has 0 aliphatic heterocycles. The molecule has 4 aliphatic rings. The maximum absolute atomic E-state index is 4.07. The van der Waals surface area contributed by atoms with E-state index in [-0.39, 0.29) is 0 Å². The Morgan fingerprint density at radius 3 is 1.44 bits per heavy atom. The van der Waals surface area contributed by atoms with Gasteiger partial charge in [-0.1, -0.05) is 59.4 Å². The van der Waals surface area contributed by atoms with E-state index in [2.05, 4.69) is 50.6 Å². The molecule has 2 fully saturated rings. The second-order valence-electron chi connectivity index (χ2n) is 11.3. The van der Waals surface area contributed by atoms with Crippen LogP contribution in [0.3, 0.4) is 0 Å². The van der Waals surface area contributed by atoms with Crippen molar-refractivity contribution in [3.63, 3.8) is 0 Å². The molecule has 174 valence electrons. The highest BCUT2D eigenvalue weighted by Crippen LogP contribution is 2.62. The number of allylic oxidation sites excluding steroid dienone is 8. The summed E-state index contributed by atoms with van der Waals surface area (Å²) in [7, 11) is 0. The third kappa shape index (κ3) is 4.20. The van der Waals surface area contributed by atoms with E-state index in [9.17, 15) is 0 Å². The van der Waals surface area contributed by atoms with E-state index in [1.165, 1.54) is 89.9 Å². The molecular formula is C32H46. The molecule has 0 radical (unpaired) electrons. The zero-order chi connectivity index (χ0) is 22.6. The minimum Gasteiger partial charge on any atom is -0.103 e. The largest absolute Gasteiger partial charge is 0.103 e. The third-order valence-electron chi connectivity index (χ3n) is 9.67. The Kier molecular flexibility index (Phi) is 7.48. The van der Waals surface area contributed by atoms with Crippen molar-refractivity contribution in [2.45, 2.75) is 103 Å². The van der Waals surface area contributed by atoms with Crippen LogP contribution in [0.4, 0.5) is 0 Å². The summed E-state index contributed by atoms with van der Waals surface area (Å²) in [4.78, 5) is 0. The van der Waals surface area contributed by atoms with Gasteiger partial charge in [0.25, 0.3) is 0 Å². The Hall–Kier alpha value is -1.56. The zero-order valence-electron chi connectivity index (χ0n) is 20.6. The van der Waals surface area contributed by atoms with Gasteiger partial charge in [-0.2, -0.15) is 0 Å². The fraction of sp³-hybridized carbons (Fsp3) is 0.625. The quantitative estimate of drug-likeness (QED) is 0.179. The molecule has 0 amide bonds. The lowest BCUT2D eigenvalue weighted by Gasteiger charge is -2.31. The summed E-state index contributed by atoms with van der Waals surface area (Å²) in [5, 5.41) is 0. The molecule has 4 rings (SSSR count). The Morgan fingerprint density at radius 2 is 1.06 bits per heavy atom. The predicted molar refractivity (Wildman–Crippen MR) is 141 cm³/mol. The van der Waals surface area contributed by atoms with Gasteiger partial charge in [0.15, 0.2) is 0 Å². The first-order valence-electron chi connectivity index (χ1n) is 13.5. The summed E-state index contributed by atoms with van der Waals surface area (Å²) in [6.45, 7) is 16.3. The van der Waals surface area contributed by atoms with E-state index in [1.807, 2.05) is 11.1 Å². The van der Waals surface area contributed by atoms with Gasteiger partial charge in [-0.3, -0.25) is 0 Å². The first-order chi connectivity index (χ1) is 15.6. The Bertz CT molecular complexity index is 736. The van der Waals surface area contributed by atoms with E-state index >= 15 is 0 Å². The lowest BCUT2D eigenvalue weighted by atomic mass is 9.74. The minimum atomic E-state index is 0.452. The lowest BCUT2D eigenvalue weighted by Crippen LogP contribution is -2.17. The van der Waals surface area contributed by atoms with Gasteiger partial charge in [-0.15, -0.1) is 26.3 Å². The van der Waals surface area contributed by atoms with Gasteiger partial charge in [0.05, 0.1) is 0 Å². The van der Waals surface area contributed by atoms with Crippen LogP contribution >= 0.6 is 0 Å². The van der Waals surface area contributed by atoms with Crippen LogP contribution in [0.5, 0.6) is 0 Å². The third-order valence-corrected chi connectivity index (χ3v) is 9.67.